The van der Waals surface area contributed by atoms with E-state index in [-0.39, 0.29) is 17.1 Å². The molecular weight excluding hydrogens is 248 g/mol. The van der Waals surface area contributed by atoms with Crippen molar-refractivity contribution >= 4 is 11.6 Å². The van der Waals surface area contributed by atoms with E-state index in [0.29, 0.717) is 0 Å². The van der Waals surface area contributed by atoms with E-state index in [1.54, 1.807) is 0 Å². The molecule has 1 fully saturated rings. The van der Waals surface area contributed by atoms with Crippen LogP contribution in [0.5, 0.6) is 0 Å². The van der Waals surface area contributed by atoms with Crippen molar-refractivity contribution in [3.05, 3.63) is 17.0 Å². The van der Waals surface area contributed by atoms with E-state index in [0.717, 1.165) is 30.6 Å². The maximum Gasteiger partial charge on any atom is 0.0779 e. The van der Waals surface area contributed by atoms with Crippen LogP contribution >= 0.6 is 11.6 Å². The Morgan fingerprint density at radius 2 is 2.17 bits per heavy atom. The second kappa shape index (κ2) is 4.86. The summed E-state index contributed by atoms with van der Waals surface area (Å²) in [6.07, 6.45) is 2.50. The van der Waals surface area contributed by atoms with Gasteiger partial charge in [0, 0.05) is 11.3 Å². The highest BCUT2D eigenvalue weighted by Crippen LogP contribution is 2.31. The first-order valence-electron chi connectivity index (χ1n) is 6.66. The van der Waals surface area contributed by atoms with Gasteiger partial charge in [-0.2, -0.15) is 5.10 Å². The van der Waals surface area contributed by atoms with Crippen LogP contribution in [0.4, 0.5) is 0 Å². The predicted molar refractivity (Wildman–Crippen MR) is 74.2 cm³/mol. The molecule has 3 nitrogen and oxygen atoms in total. The molecule has 1 aliphatic heterocycles. The second-order valence-electron chi connectivity index (χ2n) is 5.92. The molecule has 1 aromatic heterocycles. The topological polar surface area (TPSA) is 27.1 Å². The van der Waals surface area contributed by atoms with Crippen LogP contribution in [0, 0.1) is 13.8 Å². The van der Waals surface area contributed by atoms with Crippen LogP contribution in [0.1, 0.15) is 55.9 Å². The number of hydrogen-bond donors (Lipinski definition) is 0. The molecule has 2 rings (SSSR count). The lowest BCUT2D eigenvalue weighted by molar-refractivity contribution is -0.0232. The first-order chi connectivity index (χ1) is 8.30. The molecule has 1 aliphatic rings. The van der Waals surface area contributed by atoms with E-state index < -0.39 is 0 Å². The SMILES string of the molecule is Cc1nn(CC2CCC(C)(C)O2)c(C)c1C(C)Cl. The Morgan fingerprint density at radius 3 is 2.61 bits per heavy atom. The summed E-state index contributed by atoms with van der Waals surface area (Å²) in [5.74, 6) is 0. The van der Waals surface area contributed by atoms with Gasteiger partial charge in [0.15, 0.2) is 0 Å². The molecule has 102 valence electrons. The number of rotatable bonds is 3. The van der Waals surface area contributed by atoms with Gasteiger partial charge >= 0.3 is 0 Å². The van der Waals surface area contributed by atoms with Gasteiger partial charge in [-0.05, 0) is 47.5 Å². The molecule has 0 saturated carbocycles. The van der Waals surface area contributed by atoms with Crippen molar-refractivity contribution < 1.29 is 4.74 Å². The number of hydrogen-bond acceptors (Lipinski definition) is 2. The monoisotopic (exact) mass is 270 g/mol. The smallest absolute Gasteiger partial charge is 0.0779 e. The molecule has 0 amide bonds. The molecule has 0 aromatic carbocycles. The van der Waals surface area contributed by atoms with Crippen molar-refractivity contribution in [2.75, 3.05) is 0 Å². The Kier molecular flexibility index (Phi) is 3.75. The van der Waals surface area contributed by atoms with Gasteiger partial charge in [-0.1, -0.05) is 0 Å². The van der Waals surface area contributed by atoms with Crippen molar-refractivity contribution in [3.8, 4) is 0 Å². The standard InChI is InChI=1S/C14H23ClN2O/c1-9(15)13-10(2)16-17(11(13)3)8-12-6-7-14(4,5)18-12/h9,12H,6-8H2,1-5H3. The lowest BCUT2D eigenvalue weighted by atomic mass is 10.1. The summed E-state index contributed by atoms with van der Waals surface area (Å²) in [5, 5.41) is 4.61. The molecule has 0 bridgehead atoms. The molecule has 2 heterocycles. The van der Waals surface area contributed by atoms with Crippen LogP contribution in [0.15, 0.2) is 0 Å². The second-order valence-corrected chi connectivity index (χ2v) is 6.58. The van der Waals surface area contributed by atoms with Crippen LogP contribution in [0.25, 0.3) is 0 Å². The van der Waals surface area contributed by atoms with Crippen molar-refractivity contribution in [1.29, 1.82) is 0 Å². The van der Waals surface area contributed by atoms with E-state index >= 15 is 0 Å². The van der Waals surface area contributed by atoms with Crippen LogP contribution in [-0.2, 0) is 11.3 Å². The van der Waals surface area contributed by atoms with Gasteiger partial charge in [-0.15, -0.1) is 11.6 Å². The van der Waals surface area contributed by atoms with Crippen molar-refractivity contribution in [3.63, 3.8) is 0 Å². The summed E-state index contributed by atoms with van der Waals surface area (Å²) in [6.45, 7) is 11.3. The summed E-state index contributed by atoms with van der Waals surface area (Å²) in [6, 6.07) is 0. The zero-order chi connectivity index (χ0) is 13.5. The summed E-state index contributed by atoms with van der Waals surface area (Å²) >= 11 is 6.20. The highest BCUT2D eigenvalue weighted by molar-refractivity contribution is 6.20. The Hall–Kier alpha value is -0.540. The lowest BCUT2D eigenvalue weighted by Gasteiger charge is -2.19. The third-order valence-corrected chi connectivity index (χ3v) is 3.98. The summed E-state index contributed by atoms with van der Waals surface area (Å²) in [4.78, 5) is 0. The molecule has 18 heavy (non-hydrogen) atoms. The molecule has 2 atom stereocenters. The average Bonchev–Trinajstić information content (AvgIpc) is 2.68. The van der Waals surface area contributed by atoms with Crippen LogP contribution in [0.2, 0.25) is 0 Å². The molecule has 0 radical (unpaired) electrons. The number of alkyl halides is 1. The number of halogens is 1. The van der Waals surface area contributed by atoms with Crippen LogP contribution in [0.3, 0.4) is 0 Å². The molecule has 1 aromatic rings. The number of aromatic nitrogens is 2. The molecule has 1 saturated heterocycles. The van der Waals surface area contributed by atoms with Crippen LogP contribution < -0.4 is 0 Å². The fourth-order valence-corrected chi connectivity index (χ4v) is 3.18. The van der Waals surface area contributed by atoms with E-state index in [9.17, 15) is 0 Å². The van der Waals surface area contributed by atoms with Crippen molar-refractivity contribution in [1.82, 2.24) is 9.78 Å². The fraction of sp³-hybridized carbons (Fsp3) is 0.786. The van der Waals surface area contributed by atoms with Crippen LogP contribution in [-0.4, -0.2) is 21.5 Å². The first-order valence-corrected chi connectivity index (χ1v) is 7.09. The largest absolute Gasteiger partial charge is 0.370 e. The Balaban J connectivity index is 2.14. The highest BCUT2D eigenvalue weighted by atomic mass is 35.5. The van der Waals surface area contributed by atoms with Gasteiger partial charge in [0.05, 0.1) is 29.3 Å². The number of nitrogens with zero attached hydrogens (tertiary/aromatic N) is 2. The minimum Gasteiger partial charge on any atom is -0.370 e. The molecule has 2 unspecified atom stereocenters. The van der Waals surface area contributed by atoms with Gasteiger partial charge in [0.25, 0.3) is 0 Å². The molecule has 0 N–H and O–H groups in total. The normalized spacial score (nSPS) is 24.4. The quantitative estimate of drug-likeness (QED) is 0.782. The number of aryl methyl sites for hydroxylation is 1. The minimum atomic E-state index is 0.0136. The van der Waals surface area contributed by atoms with Gasteiger partial charge in [0.2, 0.25) is 0 Å². The van der Waals surface area contributed by atoms with Gasteiger partial charge in [-0.3, -0.25) is 4.68 Å². The summed E-state index contributed by atoms with van der Waals surface area (Å²) in [5.41, 5.74) is 3.38. The molecule has 4 heteroatoms. The zero-order valence-corrected chi connectivity index (χ0v) is 12.7. The molecule has 0 spiro atoms. The Labute approximate surface area is 114 Å². The average molecular weight is 271 g/mol. The third kappa shape index (κ3) is 2.72. The summed E-state index contributed by atoms with van der Waals surface area (Å²) in [7, 11) is 0. The predicted octanol–water partition coefficient (Wildman–Crippen LogP) is 3.76. The van der Waals surface area contributed by atoms with Gasteiger partial charge in [-0.25, -0.2) is 0 Å². The minimum absolute atomic E-state index is 0.0136. The maximum absolute atomic E-state index is 6.20. The molecular formula is C14H23ClN2O. The van der Waals surface area contributed by atoms with E-state index in [4.69, 9.17) is 16.3 Å². The third-order valence-electron chi connectivity index (χ3n) is 3.77. The van der Waals surface area contributed by atoms with Crippen molar-refractivity contribution in [2.24, 2.45) is 0 Å². The Bertz CT molecular complexity index is 437. The van der Waals surface area contributed by atoms with Gasteiger partial charge < -0.3 is 4.74 Å². The van der Waals surface area contributed by atoms with Crippen molar-refractivity contribution in [2.45, 2.75) is 71.1 Å². The zero-order valence-electron chi connectivity index (χ0n) is 12.0. The fourth-order valence-electron chi connectivity index (χ4n) is 2.86. The molecule has 0 aliphatic carbocycles. The van der Waals surface area contributed by atoms with E-state index in [1.165, 1.54) is 5.69 Å². The highest BCUT2D eigenvalue weighted by Gasteiger charge is 2.32. The Morgan fingerprint density at radius 1 is 1.50 bits per heavy atom. The summed E-state index contributed by atoms with van der Waals surface area (Å²) < 4.78 is 8.07. The van der Waals surface area contributed by atoms with Gasteiger partial charge in [0.1, 0.15) is 0 Å². The first kappa shape index (κ1) is 13.9. The maximum atomic E-state index is 6.20. The lowest BCUT2D eigenvalue weighted by Crippen LogP contribution is -2.23. The van der Waals surface area contributed by atoms with E-state index in [1.807, 2.05) is 13.8 Å². The van der Waals surface area contributed by atoms with E-state index in [2.05, 4.69) is 30.6 Å². The number of ether oxygens (including phenoxy) is 1.